The Hall–Kier alpha value is -3.66. The summed E-state index contributed by atoms with van der Waals surface area (Å²) in [6, 6.07) is 10.7. The van der Waals surface area contributed by atoms with E-state index in [9.17, 15) is 9.59 Å². The highest BCUT2D eigenvalue weighted by Crippen LogP contribution is 2.30. The molecule has 0 aliphatic carbocycles. The molecule has 4 rings (SSSR count). The van der Waals surface area contributed by atoms with E-state index in [2.05, 4.69) is 5.32 Å². The Balaban J connectivity index is 1.62. The molecule has 0 aliphatic heterocycles. The van der Waals surface area contributed by atoms with E-state index in [-0.39, 0.29) is 17.2 Å². The molecule has 0 bridgehead atoms. The fourth-order valence-corrected chi connectivity index (χ4v) is 4.41. The fourth-order valence-electron chi connectivity index (χ4n) is 3.64. The molecule has 2 aromatic heterocycles. The van der Waals surface area contributed by atoms with E-state index < -0.39 is 0 Å². The first-order valence-corrected chi connectivity index (χ1v) is 11.0. The zero-order valence-electron chi connectivity index (χ0n) is 19.0. The molecule has 2 heterocycles. The minimum atomic E-state index is -0.246. The van der Waals surface area contributed by atoms with Crippen LogP contribution in [0.4, 0.5) is 5.69 Å². The summed E-state index contributed by atoms with van der Waals surface area (Å²) in [4.78, 5) is 30.4. The van der Waals surface area contributed by atoms with Crippen LogP contribution in [0.2, 0.25) is 0 Å². The van der Waals surface area contributed by atoms with Crippen molar-refractivity contribution in [3.05, 3.63) is 46.8 Å². The molecule has 0 unspecified atom stereocenters. The number of benzene rings is 2. The van der Waals surface area contributed by atoms with Gasteiger partial charge in [0.25, 0.3) is 5.56 Å². The summed E-state index contributed by atoms with van der Waals surface area (Å²) in [6.07, 6.45) is 0. The highest BCUT2D eigenvalue weighted by atomic mass is 32.2. The smallest absolute Gasteiger partial charge is 0.278 e. The van der Waals surface area contributed by atoms with Crippen molar-refractivity contribution in [2.75, 3.05) is 32.4 Å². The van der Waals surface area contributed by atoms with Gasteiger partial charge in [-0.15, -0.1) is 0 Å². The minimum absolute atomic E-state index is 0.0688. The van der Waals surface area contributed by atoms with E-state index in [1.54, 1.807) is 46.6 Å². The zero-order valence-corrected chi connectivity index (χ0v) is 19.8. The lowest BCUT2D eigenvalue weighted by molar-refractivity contribution is -0.113. The Labute approximate surface area is 194 Å². The van der Waals surface area contributed by atoms with Crippen LogP contribution in [0, 0.1) is 0 Å². The van der Waals surface area contributed by atoms with Gasteiger partial charge >= 0.3 is 0 Å². The van der Waals surface area contributed by atoms with Crippen molar-refractivity contribution in [1.82, 2.24) is 14.1 Å². The number of amides is 1. The highest BCUT2D eigenvalue weighted by Gasteiger charge is 2.18. The molecule has 0 fully saturated rings. The molecule has 1 N–H and O–H groups in total. The van der Waals surface area contributed by atoms with Crippen LogP contribution in [0.3, 0.4) is 0 Å². The third kappa shape index (κ3) is 4.21. The topological polar surface area (TPSA) is 96.6 Å². The minimum Gasteiger partial charge on any atom is -0.497 e. The number of nitrogens with zero attached hydrogens (tertiary/aromatic N) is 3. The number of methoxy groups -OCH3 is 3. The first-order valence-electron chi connectivity index (χ1n) is 10.0. The number of aromatic nitrogens is 3. The summed E-state index contributed by atoms with van der Waals surface area (Å²) in [5, 5.41) is 4.09. The van der Waals surface area contributed by atoms with Crippen LogP contribution in [-0.2, 0) is 18.9 Å². The van der Waals surface area contributed by atoms with Crippen molar-refractivity contribution in [2.45, 2.75) is 5.16 Å². The van der Waals surface area contributed by atoms with E-state index in [1.807, 2.05) is 29.8 Å². The summed E-state index contributed by atoms with van der Waals surface area (Å²) in [7, 11) is 8.17. The first-order chi connectivity index (χ1) is 15.9. The number of fused-ring (bicyclic) bond motifs is 3. The summed E-state index contributed by atoms with van der Waals surface area (Å²) in [6.45, 7) is 0. The Morgan fingerprint density at radius 2 is 1.64 bits per heavy atom. The predicted molar refractivity (Wildman–Crippen MR) is 129 cm³/mol. The number of ether oxygens (including phenoxy) is 3. The molecule has 2 aromatic carbocycles. The second kappa shape index (κ2) is 9.07. The van der Waals surface area contributed by atoms with Gasteiger partial charge in [-0.05, 0) is 18.2 Å². The normalized spacial score (nSPS) is 11.1. The van der Waals surface area contributed by atoms with Crippen LogP contribution >= 0.6 is 11.8 Å². The van der Waals surface area contributed by atoms with Crippen molar-refractivity contribution in [2.24, 2.45) is 14.1 Å². The maximum absolute atomic E-state index is 13.1. The third-order valence-electron chi connectivity index (χ3n) is 5.35. The first kappa shape index (κ1) is 22.5. The number of nitrogens with one attached hydrogen (secondary N) is 1. The van der Waals surface area contributed by atoms with Gasteiger partial charge in [0.2, 0.25) is 5.91 Å². The van der Waals surface area contributed by atoms with Crippen molar-refractivity contribution in [1.29, 1.82) is 0 Å². The molecule has 0 saturated heterocycles. The number of carbonyl (C=O) groups excluding carboxylic acids is 1. The van der Waals surface area contributed by atoms with Gasteiger partial charge in [0.05, 0.1) is 32.6 Å². The van der Waals surface area contributed by atoms with Crippen molar-refractivity contribution < 1.29 is 19.0 Å². The lowest BCUT2D eigenvalue weighted by Gasteiger charge is -2.10. The molecule has 9 nitrogen and oxygen atoms in total. The molecule has 0 saturated carbocycles. The fraction of sp³-hybridized carbons (Fsp3) is 0.261. The van der Waals surface area contributed by atoms with Gasteiger partial charge < -0.3 is 24.1 Å². The van der Waals surface area contributed by atoms with E-state index in [4.69, 9.17) is 19.2 Å². The van der Waals surface area contributed by atoms with Gasteiger partial charge in [0.1, 0.15) is 28.3 Å². The molecule has 1 amide bonds. The Morgan fingerprint density at radius 1 is 0.970 bits per heavy atom. The van der Waals surface area contributed by atoms with E-state index in [1.165, 1.54) is 16.3 Å². The molecule has 0 atom stereocenters. The lowest BCUT2D eigenvalue weighted by Crippen LogP contribution is -2.22. The number of hydrogen-bond donors (Lipinski definition) is 1. The second-order valence-corrected chi connectivity index (χ2v) is 8.28. The van der Waals surface area contributed by atoms with Gasteiger partial charge in [0.15, 0.2) is 5.16 Å². The lowest BCUT2D eigenvalue weighted by atomic mass is 10.2. The third-order valence-corrected chi connectivity index (χ3v) is 6.38. The maximum atomic E-state index is 13.1. The number of aryl methyl sites for hydroxylation is 1. The van der Waals surface area contributed by atoms with Crippen molar-refractivity contribution >= 4 is 45.3 Å². The Bertz CT molecular complexity index is 1400. The highest BCUT2D eigenvalue weighted by molar-refractivity contribution is 7.99. The van der Waals surface area contributed by atoms with Crippen LogP contribution in [0.25, 0.3) is 21.9 Å². The van der Waals surface area contributed by atoms with Crippen LogP contribution < -0.4 is 25.1 Å². The average Bonchev–Trinajstić information content (AvgIpc) is 3.10. The van der Waals surface area contributed by atoms with Gasteiger partial charge in [-0.2, -0.15) is 0 Å². The van der Waals surface area contributed by atoms with E-state index in [0.717, 1.165) is 10.9 Å². The Morgan fingerprint density at radius 3 is 2.27 bits per heavy atom. The average molecular weight is 469 g/mol. The second-order valence-electron chi connectivity index (χ2n) is 7.34. The summed E-state index contributed by atoms with van der Waals surface area (Å²) >= 11 is 1.19. The van der Waals surface area contributed by atoms with Crippen molar-refractivity contribution in [3.63, 3.8) is 0 Å². The quantitative estimate of drug-likeness (QED) is 0.329. The maximum Gasteiger partial charge on any atom is 0.278 e. The molecule has 0 radical (unpaired) electrons. The van der Waals surface area contributed by atoms with Gasteiger partial charge in [-0.25, -0.2) is 4.98 Å². The molecule has 0 aliphatic rings. The summed E-state index contributed by atoms with van der Waals surface area (Å²) in [5.74, 6) is 1.64. The molecule has 0 spiro atoms. The van der Waals surface area contributed by atoms with E-state index >= 15 is 0 Å². The number of rotatable bonds is 7. The molecule has 4 aromatic rings. The van der Waals surface area contributed by atoms with Gasteiger partial charge in [0, 0.05) is 43.4 Å². The number of anilines is 1. The number of thioether (sulfide) groups is 1. The summed E-state index contributed by atoms with van der Waals surface area (Å²) < 4.78 is 19.1. The zero-order chi connectivity index (χ0) is 23.7. The largest absolute Gasteiger partial charge is 0.497 e. The van der Waals surface area contributed by atoms with Crippen LogP contribution in [0.15, 0.2) is 46.3 Å². The standard InChI is InChI=1S/C23H24N4O5S/c1-26-18-7-6-14(30-3)11-17(18)20-21(26)22(29)27(2)23(25-20)33-12-19(28)24-13-8-15(31-4)10-16(9-13)32-5/h6-11H,12H2,1-5H3,(H,24,28). The van der Waals surface area contributed by atoms with Gasteiger partial charge in [-0.3, -0.25) is 14.2 Å². The monoisotopic (exact) mass is 468 g/mol. The van der Waals surface area contributed by atoms with Crippen LogP contribution in [0.5, 0.6) is 17.2 Å². The predicted octanol–water partition coefficient (Wildman–Crippen LogP) is 3.18. The molecular weight excluding hydrogens is 444 g/mol. The van der Waals surface area contributed by atoms with Gasteiger partial charge in [-0.1, -0.05) is 11.8 Å². The molecular formula is C23H24N4O5S. The molecule has 10 heteroatoms. The van der Waals surface area contributed by atoms with E-state index in [0.29, 0.717) is 39.1 Å². The molecule has 172 valence electrons. The number of carbonyl (C=O) groups is 1. The van der Waals surface area contributed by atoms with Crippen molar-refractivity contribution in [3.8, 4) is 17.2 Å². The van der Waals surface area contributed by atoms with Crippen LogP contribution in [-0.4, -0.2) is 47.1 Å². The molecule has 33 heavy (non-hydrogen) atoms. The van der Waals surface area contributed by atoms with Crippen LogP contribution in [0.1, 0.15) is 0 Å². The number of hydrogen-bond acceptors (Lipinski definition) is 7. The SMILES string of the molecule is COc1cc(NC(=O)CSc2nc3c4cc(OC)ccc4n(C)c3c(=O)n2C)cc(OC)c1. The summed E-state index contributed by atoms with van der Waals surface area (Å²) in [5.41, 5.74) is 2.32. The Kier molecular flexibility index (Phi) is 6.19.